The lowest BCUT2D eigenvalue weighted by Crippen LogP contribution is -2.31. The lowest BCUT2D eigenvalue weighted by Gasteiger charge is -2.24. The van der Waals surface area contributed by atoms with Crippen molar-refractivity contribution in [3.05, 3.63) is 53.6 Å². The number of amides is 2. The maximum absolute atomic E-state index is 12.6. The molecule has 1 aliphatic heterocycles. The molecule has 2 aliphatic rings. The smallest absolute Gasteiger partial charge is 0.411 e. The van der Waals surface area contributed by atoms with Crippen molar-refractivity contribution < 1.29 is 23.8 Å². The Kier molecular flexibility index (Phi) is 7.67. The van der Waals surface area contributed by atoms with Gasteiger partial charge in [-0.2, -0.15) is 5.10 Å². The van der Waals surface area contributed by atoms with Gasteiger partial charge in [-0.05, 0) is 68.5 Å². The van der Waals surface area contributed by atoms with Crippen molar-refractivity contribution in [2.45, 2.75) is 58.1 Å². The van der Waals surface area contributed by atoms with Crippen LogP contribution in [0.1, 0.15) is 56.6 Å². The molecule has 0 unspecified atom stereocenters. The van der Waals surface area contributed by atoms with E-state index >= 15 is 0 Å². The molecule has 2 amide bonds. The molecule has 0 aromatic heterocycles. The van der Waals surface area contributed by atoms with Crippen molar-refractivity contribution in [2.24, 2.45) is 5.10 Å². The molecule has 1 fully saturated rings. The van der Waals surface area contributed by atoms with Crippen LogP contribution in [0, 0.1) is 0 Å². The first-order chi connectivity index (χ1) is 16.6. The lowest BCUT2D eigenvalue weighted by molar-refractivity contribution is -0.132. The zero-order chi connectivity index (χ0) is 23.9. The number of nitrogens with zero attached hydrogens (tertiary/aromatic N) is 2. The number of rotatable bonds is 8. The van der Waals surface area contributed by atoms with Crippen molar-refractivity contribution >= 4 is 23.4 Å². The molecular formula is C26H31N3O5. The van der Waals surface area contributed by atoms with Crippen LogP contribution in [-0.2, 0) is 16.1 Å². The molecule has 0 atom stereocenters. The quantitative estimate of drug-likeness (QED) is 0.585. The summed E-state index contributed by atoms with van der Waals surface area (Å²) in [5, 5.41) is 8.83. The van der Waals surface area contributed by atoms with E-state index in [4.69, 9.17) is 14.2 Å². The van der Waals surface area contributed by atoms with Crippen LogP contribution < -0.4 is 14.8 Å². The number of carbonyl (C=O) groups excluding carboxylic acids is 2. The molecule has 34 heavy (non-hydrogen) atoms. The van der Waals surface area contributed by atoms with Gasteiger partial charge in [0.15, 0.2) is 11.5 Å². The van der Waals surface area contributed by atoms with Gasteiger partial charge in [-0.15, -0.1) is 0 Å². The number of hydrogen-bond acceptors (Lipinski definition) is 6. The van der Waals surface area contributed by atoms with Gasteiger partial charge in [0.2, 0.25) is 5.91 Å². The summed E-state index contributed by atoms with van der Waals surface area (Å²) in [6, 6.07) is 13.1. The predicted molar refractivity (Wildman–Crippen MR) is 129 cm³/mol. The molecule has 0 bridgehead atoms. The molecular weight excluding hydrogens is 434 g/mol. The fourth-order valence-corrected chi connectivity index (χ4v) is 4.22. The summed E-state index contributed by atoms with van der Waals surface area (Å²) >= 11 is 0. The second-order valence-corrected chi connectivity index (χ2v) is 8.43. The van der Waals surface area contributed by atoms with E-state index in [1.165, 1.54) is 17.9 Å². The van der Waals surface area contributed by atoms with Gasteiger partial charge in [-0.25, -0.2) is 9.80 Å². The Morgan fingerprint density at radius 1 is 1.09 bits per heavy atom. The number of carbonyl (C=O) groups is 2. The van der Waals surface area contributed by atoms with Crippen LogP contribution in [0.5, 0.6) is 11.5 Å². The van der Waals surface area contributed by atoms with E-state index in [2.05, 4.69) is 10.4 Å². The predicted octanol–water partition coefficient (Wildman–Crippen LogP) is 5.11. The normalized spacial score (nSPS) is 16.2. The minimum Gasteiger partial charge on any atom is -0.493 e. The number of anilines is 1. The maximum Gasteiger partial charge on any atom is 0.411 e. The van der Waals surface area contributed by atoms with E-state index in [9.17, 15) is 9.59 Å². The average Bonchev–Trinajstić information content (AvgIpc) is 3.35. The van der Waals surface area contributed by atoms with E-state index in [0.29, 0.717) is 37.4 Å². The summed E-state index contributed by atoms with van der Waals surface area (Å²) < 4.78 is 16.6. The number of nitrogens with one attached hydrogen (secondary N) is 1. The van der Waals surface area contributed by atoms with Crippen LogP contribution >= 0.6 is 0 Å². The SMILES string of the molecule is CCOC(=O)Nc1ccc(CN2N=C(c3ccc(OC)c(OC4CCCC4)c3)CCC2=O)cc1. The van der Waals surface area contributed by atoms with Crippen molar-refractivity contribution in [2.75, 3.05) is 19.0 Å². The van der Waals surface area contributed by atoms with Crippen LogP contribution in [-0.4, -0.2) is 42.5 Å². The van der Waals surface area contributed by atoms with Gasteiger partial charge >= 0.3 is 6.09 Å². The Morgan fingerprint density at radius 2 is 1.85 bits per heavy atom. The molecule has 2 aromatic rings. The molecule has 8 nitrogen and oxygen atoms in total. The zero-order valence-electron chi connectivity index (χ0n) is 19.7. The van der Waals surface area contributed by atoms with Crippen LogP contribution in [0.3, 0.4) is 0 Å². The first kappa shape index (κ1) is 23.6. The average molecular weight is 466 g/mol. The Bertz CT molecular complexity index is 1040. The fraction of sp³-hybridized carbons (Fsp3) is 0.423. The van der Waals surface area contributed by atoms with Crippen LogP contribution in [0.15, 0.2) is 47.6 Å². The fourth-order valence-electron chi connectivity index (χ4n) is 4.22. The number of hydrogen-bond donors (Lipinski definition) is 1. The largest absolute Gasteiger partial charge is 0.493 e. The maximum atomic E-state index is 12.6. The summed E-state index contributed by atoms with van der Waals surface area (Å²) in [7, 11) is 1.64. The van der Waals surface area contributed by atoms with Gasteiger partial charge in [0.25, 0.3) is 0 Å². The van der Waals surface area contributed by atoms with E-state index < -0.39 is 6.09 Å². The number of hydrazone groups is 1. The van der Waals surface area contributed by atoms with Crippen molar-refractivity contribution in [1.82, 2.24) is 5.01 Å². The van der Waals surface area contributed by atoms with Gasteiger partial charge in [-0.3, -0.25) is 10.1 Å². The summed E-state index contributed by atoms with van der Waals surface area (Å²) in [6.45, 7) is 2.41. The Morgan fingerprint density at radius 3 is 2.56 bits per heavy atom. The topological polar surface area (TPSA) is 89.5 Å². The van der Waals surface area contributed by atoms with E-state index in [-0.39, 0.29) is 12.0 Å². The molecule has 0 spiro atoms. The molecule has 2 aromatic carbocycles. The molecule has 0 saturated heterocycles. The summed E-state index contributed by atoms with van der Waals surface area (Å²) in [5.74, 6) is 1.41. The Hall–Kier alpha value is -3.55. The molecule has 1 N–H and O–H groups in total. The summed E-state index contributed by atoms with van der Waals surface area (Å²) in [5.41, 5.74) is 3.32. The molecule has 1 saturated carbocycles. The van der Waals surface area contributed by atoms with Gasteiger partial charge < -0.3 is 14.2 Å². The molecule has 4 rings (SSSR count). The second kappa shape index (κ2) is 11.0. The number of methoxy groups -OCH3 is 1. The van der Waals surface area contributed by atoms with Crippen molar-refractivity contribution in [3.63, 3.8) is 0 Å². The van der Waals surface area contributed by atoms with Gasteiger partial charge in [0.1, 0.15) is 0 Å². The first-order valence-electron chi connectivity index (χ1n) is 11.8. The third-order valence-corrected chi connectivity index (χ3v) is 6.01. The zero-order valence-corrected chi connectivity index (χ0v) is 19.7. The Labute approximate surface area is 199 Å². The van der Waals surface area contributed by atoms with E-state index in [1.807, 2.05) is 30.3 Å². The van der Waals surface area contributed by atoms with Gasteiger partial charge in [0, 0.05) is 24.1 Å². The standard InChI is InChI=1S/C26H31N3O5/c1-3-33-26(31)27-20-11-8-18(9-12-20)17-29-25(30)15-13-22(28-29)19-10-14-23(32-2)24(16-19)34-21-6-4-5-7-21/h8-12,14,16,21H,3-7,13,15,17H2,1-2H3,(H,27,31). The Balaban J connectivity index is 1.48. The molecule has 1 heterocycles. The van der Waals surface area contributed by atoms with Crippen molar-refractivity contribution in [1.29, 1.82) is 0 Å². The van der Waals surface area contributed by atoms with E-state index in [0.717, 1.165) is 35.4 Å². The van der Waals surface area contributed by atoms with Crippen LogP contribution in [0.25, 0.3) is 0 Å². The number of ether oxygens (including phenoxy) is 3. The summed E-state index contributed by atoms with van der Waals surface area (Å²) in [4.78, 5) is 24.1. The monoisotopic (exact) mass is 465 g/mol. The minimum absolute atomic E-state index is 0.0200. The van der Waals surface area contributed by atoms with Crippen LogP contribution in [0.2, 0.25) is 0 Å². The van der Waals surface area contributed by atoms with E-state index in [1.54, 1.807) is 26.2 Å². The summed E-state index contributed by atoms with van der Waals surface area (Å²) in [6.07, 6.45) is 5.20. The highest BCUT2D eigenvalue weighted by molar-refractivity contribution is 6.04. The third kappa shape index (κ3) is 5.87. The first-order valence-corrected chi connectivity index (χ1v) is 11.8. The van der Waals surface area contributed by atoms with Crippen LogP contribution in [0.4, 0.5) is 10.5 Å². The van der Waals surface area contributed by atoms with Gasteiger partial charge in [-0.1, -0.05) is 12.1 Å². The minimum atomic E-state index is -0.494. The highest BCUT2D eigenvalue weighted by atomic mass is 16.5. The lowest BCUT2D eigenvalue weighted by atomic mass is 10.0. The highest BCUT2D eigenvalue weighted by Crippen LogP contribution is 2.33. The molecule has 1 aliphatic carbocycles. The number of benzene rings is 2. The third-order valence-electron chi connectivity index (χ3n) is 6.01. The second-order valence-electron chi connectivity index (χ2n) is 8.43. The van der Waals surface area contributed by atoms with Gasteiger partial charge in [0.05, 0.1) is 32.1 Å². The molecule has 0 radical (unpaired) electrons. The highest BCUT2D eigenvalue weighted by Gasteiger charge is 2.24. The molecule has 8 heteroatoms. The molecule has 180 valence electrons. The van der Waals surface area contributed by atoms with Crippen molar-refractivity contribution in [3.8, 4) is 11.5 Å².